The average molecular weight is 302 g/mol. The highest BCUT2D eigenvalue weighted by Crippen LogP contribution is 2.14. The fourth-order valence-corrected chi connectivity index (χ4v) is 1.89. The van der Waals surface area contributed by atoms with Gasteiger partial charge in [-0.3, -0.25) is 4.79 Å². The normalized spacial score (nSPS) is 11.8. The molecule has 1 N–H and O–H groups in total. The number of aryl methyl sites for hydroxylation is 3. The zero-order valence-electron chi connectivity index (χ0n) is 13.0. The SMILES string of the molecule is Cc1ccc(C)c(C(=O)OC(C)C(=O)Nc2cc(C)on2)c1. The summed E-state index contributed by atoms with van der Waals surface area (Å²) in [5.41, 5.74) is 2.21. The molecule has 1 heterocycles. The highest BCUT2D eigenvalue weighted by Gasteiger charge is 2.21. The molecule has 1 unspecified atom stereocenters. The van der Waals surface area contributed by atoms with Crippen LogP contribution in [0.3, 0.4) is 0 Å². The Kier molecular flexibility index (Phi) is 4.60. The molecule has 116 valence electrons. The second-order valence-corrected chi connectivity index (χ2v) is 5.18. The van der Waals surface area contributed by atoms with Crippen molar-refractivity contribution in [1.82, 2.24) is 5.16 Å². The number of nitrogens with zero attached hydrogens (tertiary/aromatic N) is 1. The van der Waals surface area contributed by atoms with Gasteiger partial charge in [-0.2, -0.15) is 0 Å². The lowest BCUT2D eigenvalue weighted by Crippen LogP contribution is -2.30. The summed E-state index contributed by atoms with van der Waals surface area (Å²) in [7, 11) is 0. The van der Waals surface area contributed by atoms with Crippen LogP contribution in [-0.4, -0.2) is 23.1 Å². The standard InChI is InChI=1S/C16H18N2O4/c1-9-5-6-10(2)13(7-9)16(20)21-12(4)15(19)17-14-8-11(3)22-18-14/h5-8,12H,1-4H3,(H,17,18,19). The Balaban J connectivity index is 2.01. The zero-order chi connectivity index (χ0) is 16.3. The van der Waals surface area contributed by atoms with E-state index in [0.717, 1.165) is 11.1 Å². The molecule has 0 radical (unpaired) electrons. The predicted octanol–water partition coefficient (Wildman–Crippen LogP) is 2.78. The van der Waals surface area contributed by atoms with Crippen molar-refractivity contribution in [3.8, 4) is 0 Å². The molecule has 6 heteroatoms. The van der Waals surface area contributed by atoms with Crippen molar-refractivity contribution in [2.75, 3.05) is 5.32 Å². The Morgan fingerprint density at radius 2 is 1.95 bits per heavy atom. The molecular formula is C16H18N2O4. The van der Waals surface area contributed by atoms with Crippen molar-refractivity contribution in [2.45, 2.75) is 33.8 Å². The number of aromatic nitrogens is 1. The van der Waals surface area contributed by atoms with E-state index in [4.69, 9.17) is 9.26 Å². The van der Waals surface area contributed by atoms with Crippen LogP contribution in [0.5, 0.6) is 0 Å². The van der Waals surface area contributed by atoms with Gasteiger partial charge in [0.1, 0.15) is 5.76 Å². The van der Waals surface area contributed by atoms with E-state index in [0.29, 0.717) is 11.3 Å². The number of nitrogens with one attached hydrogen (secondary N) is 1. The van der Waals surface area contributed by atoms with Crippen LogP contribution in [0.2, 0.25) is 0 Å². The molecule has 0 saturated carbocycles. The number of hydrogen-bond acceptors (Lipinski definition) is 5. The van der Waals surface area contributed by atoms with Crippen molar-refractivity contribution >= 4 is 17.7 Å². The zero-order valence-corrected chi connectivity index (χ0v) is 13.0. The summed E-state index contributed by atoms with van der Waals surface area (Å²) >= 11 is 0. The van der Waals surface area contributed by atoms with E-state index in [2.05, 4.69) is 10.5 Å². The number of esters is 1. The maximum Gasteiger partial charge on any atom is 0.339 e. The van der Waals surface area contributed by atoms with Gasteiger partial charge in [0.25, 0.3) is 5.91 Å². The lowest BCUT2D eigenvalue weighted by molar-refractivity contribution is -0.123. The van der Waals surface area contributed by atoms with Crippen LogP contribution in [0.15, 0.2) is 28.8 Å². The quantitative estimate of drug-likeness (QED) is 0.878. The number of benzene rings is 1. The molecule has 0 saturated heterocycles. The number of anilines is 1. The molecule has 6 nitrogen and oxygen atoms in total. The van der Waals surface area contributed by atoms with Crippen LogP contribution in [0.1, 0.15) is 34.2 Å². The minimum Gasteiger partial charge on any atom is -0.449 e. The number of carbonyl (C=O) groups excluding carboxylic acids is 2. The summed E-state index contributed by atoms with van der Waals surface area (Å²) in [6, 6.07) is 7.07. The second kappa shape index (κ2) is 6.43. The molecule has 1 aromatic heterocycles. The number of ether oxygens (including phenoxy) is 1. The smallest absolute Gasteiger partial charge is 0.339 e. The van der Waals surface area contributed by atoms with E-state index < -0.39 is 18.0 Å². The summed E-state index contributed by atoms with van der Waals surface area (Å²) in [6.07, 6.45) is -0.940. The van der Waals surface area contributed by atoms with Gasteiger partial charge in [-0.05, 0) is 39.3 Å². The molecule has 1 aromatic carbocycles. The summed E-state index contributed by atoms with van der Waals surface area (Å²) in [5, 5.41) is 6.18. The molecule has 0 aliphatic heterocycles. The van der Waals surface area contributed by atoms with Gasteiger partial charge in [0.15, 0.2) is 11.9 Å². The summed E-state index contributed by atoms with van der Waals surface area (Å²) in [5.74, 6) is -0.125. The third kappa shape index (κ3) is 3.72. The molecule has 0 aliphatic rings. The first-order valence-corrected chi connectivity index (χ1v) is 6.89. The fourth-order valence-electron chi connectivity index (χ4n) is 1.89. The van der Waals surface area contributed by atoms with E-state index in [1.54, 1.807) is 19.1 Å². The van der Waals surface area contributed by atoms with Gasteiger partial charge in [-0.25, -0.2) is 4.79 Å². The van der Waals surface area contributed by atoms with E-state index in [9.17, 15) is 9.59 Å². The Bertz CT molecular complexity index is 706. The molecule has 0 bridgehead atoms. The van der Waals surface area contributed by atoms with Crippen LogP contribution in [0.4, 0.5) is 5.82 Å². The largest absolute Gasteiger partial charge is 0.449 e. The minimum atomic E-state index is -0.940. The van der Waals surface area contributed by atoms with E-state index in [1.165, 1.54) is 6.92 Å². The van der Waals surface area contributed by atoms with Crippen molar-refractivity contribution in [1.29, 1.82) is 0 Å². The average Bonchev–Trinajstić information content (AvgIpc) is 2.86. The first kappa shape index (κ1) is 15.8. The van der Waals surface area contributed by atoms with Gasteiger partial charge in [0, 0.05) is 6.07 Å². The van der Waals surface area contributed by atoms with Crippen LogP contribution in [-0.2, 0) is 9.53 Å². The highest BCUT2D eigenvalue weighted by molar-refractivity contribution is 5.97. The summed E-state index contributed by atoms with van der Waals surface area (Å²) in [6.45, 7) is 6.93. The van der Waals surface area contributed by atoms with Crippen LogP contribution in [0.25, 0.3) is 0 Å². The van der Waals surface area contributed by atoms with E-state index in [-0.39, 0.29) is 5.82 Å². The Morgan fingerprint density at radius 3 is 2.59 bits per heavy atom. The second-order valence-electron chi connectivity index (χ2n) is 5.18. The molecule has 2 rings (SSSR count). The molecule has 22 heavy (non-hydrogen) atoms. The predicted molar refractivity (Wildman–Crippen MR) is 80.7 cm³/mol. The third-order valence-corrected chi connectivity index (χ3v) is 3.15. The van der Waals surface area contributed by atoms with Crippen LogP contribution in [0, 0.1) is 20.8 Å². The first-order valence-electron chi connectivity index (χ1n) is 6.89. The lowest BCUT2D eigenvalue weighted by Gasteiger charge is -2.13. The number of rotatable bonds is 4. The number of amides is 1. The molecule has 1 atom stereocenters. The monoisotopic (exact) mass is 302 g/mol. The van der Waals surface area contributed by atoms with Crippen molar-refractivity contribution < 1.29 is 18.8 Å². The maximum absolute atomic E-state index is 12.2. The molecule has 2 aromatic rings. The molecular weight excluding hydrogens is 284 g/mol. The van der Waals surface area contributed by atoms with Gasteiger partial charge >= 0.3 is 5.97 Å². The molecule has 1 amide bonds. The highest BCUT2D eigenvalue weighted by atomic mass is 16.5. The number of carbonyl (C=O) groups is 2. The van der Waals surface area contributed by atoms with Gasteiger partial charge in [0.2, 0.25) is 0 Å². The van der Waals surface area contributed by atoms with Crippen LogP contribution < -0.4 is 5.32 Å². The molecule has 0 spiro atoms. The van der Waals surface area contributed by atoms with Crippen molar-refractivity contribution in [3.63, 3.8) is 0 Å². The van der Waals surface area contributed by atoms with Crippen LogP contribution >= 0.6 is 0 Å². The summed E-state index contributed by atoms with van der Waals surface area (Å²) in [4.78, 5) is 24.1. The van der Waals surface area contributed by atoms with Gasteiger partial charge in [-0.1, -0.05) is 22.9 Å². The third-order valence-electron chi connectivity index (χ3n) is 3.15. The summed E-state index contributed by atoms with van der Waals surface area (Å²) < 4.78 is 10.1. The Hall–Kier alpha value is -2.63. The van der Waals surface area contributed by atoms with E-state index in [1.807, 2.05) is 26.0 Å². The maximum atomic E-state index is 12.2. The first-order chi connectivity index (χ1) is 10.4. The van der Waals surface area contributed by atoms with Gasteiger partial charge in [-0.15, -0.1) is 0 Å². The Labute approximate surface area is 128 Å². The number of hydrogen-bond donors (Lipinski definition) is 1. The minimum absolute atomic E-state index is 0.289. The molecule has 0 aliphatic carbocycles. The van der Waals surface area contributed by atoms with E-state index >= 15 is 0 Å². The topological polar surface area (TPSA) is 81.4 Å². The van der Waals surface area contributed by atoms with Crippen molar-refractivity contribution in [2.24, 2.45) is 0 Å². The Morgan fingerprint density at radius 1 is 1.23 bits per heavy atom. The van der Waals surface area contributed by atoms with Gasteiger partial charge < -0.3 is 14.6 Å². The van der Waals surface area contributed by atoms with Crippen molar-refractivity contribution in [3.05, 3.63) is 46.7 Å². The molecule has 0 fully saturated rings. The fraction of sp³-hybridized carbons (Fsp3) is 0.312. The van der Waals surface area contributed by atoms with Gasteiger partial charge in [0.05, 0.1) is 5.56 Å². The lowest BCUT2D eigenvalue weighted by atomic mass is 10.1.